The van der Waals surface area contributed by atoms with Crippen molar-refractivity contribution in [2.45, 2.75) is 19.8 Å². The lowest BCUT2D eigenvalue weighted by Gasteiger charge is -2.22. The van der Waals surface area contributed by atoms with Crippen LogP contribution >= 0.6 is 12.4 Å². The molecule has 1 aromatic heterocycles. The summed E-state index contributed by atoms with van der Waals surface area (Å²) in [4.78, 5) is 11.8. The summed E-state index contributed by atoms with van der Waals surface area (Å²) < 4.78 is 0. The Balaban J connectivity index is 0.00000144. The van der Waals surface area contributed by atoms with Gasteiger partial charge in [0, 0.05) is 12.2 Å². The minimum Gasteiger partial charge on any atom is -0.352 e. The number of nitrogens with zero attached hydrogens (tertiary/aromatic N) is 1. The molecule has 1 aliphatic rings. The van der Waals surface area contributed by atoms with E-state index in [1.54, 1.807) is 6.20 Å². The van der Waals surface area contributed by atoms with Gasteiger partial charge >= 0.3 is 0 Å². The third-order valence-electron chi connectivity index (χ3n) is 3.02. The molecule has 1 amide bonds. The second kappa shape index (κ2) is 6.61. The third-order valence-corrected chi connectivity index (χ3v) is 3.02. The summed E-state index contributed by atoms with van der Waals surface area (Å²) in [5.41, 5.74) is 1.46. The van der Waals surface area contributed by atoms with Gasteiger partial charge < -0.3 is 10.6 Å². The van der Waals surface area contributed by atoms with E-state index in [1.807, 2.05) is 6.92 Å². The van der Waals surface area contributed by atoms with Gasteiger partial charge in [0.1, 0.15) is 0 Å². The molecule has 3 N–H and O–H groups in total. The molecule has 0 aliphatic carbocycles. The van der Waals surface area contributed by atoms with E-state index >= 15 is 0 Å². The fraction of sp³-hybridized carbons (Fsp3) is 0.636. The van der Waals surface area contributed by atoms with Crippen molar-refractivity contribution < 1.29 is 4.79 Å². The van der Waals surface area contributed by atoms with Crippen LogP contribution in [0.5, 0.6) is 0 Å². The SMILES string of the molecule is Cc1[nH]ncc1C(=O)NCC1CCCNC1.Cl. The van der Waals surface area contributed by atoms with Crippen LogP contribution in [0.3, 0.4) is 0 Å². The van der Waals surface area contributed by atoms with Crippen molar-refractivity contribution in [2.24, 2.45) is 5.92 Å². The minimum atomic E-state index is -0.0307. The van der Waals surface area contributed by atoms with Gasteiger partial charge in [-0.2, -0.15) is 5.10 Å². The van der Waals surface area contributed by atoms with Gasteiger partial charge in [0.15, 0.2) is 0 Å². The Kier molecular flexibility index (Phi) is 5.44. The van der Waals surface area contributed by atoms with Gasteiger partial charge in [-0.1, -0.05) is 0 Å². The van der Waals surface area contributed by atoms with Crippen molar-refractivity contribution in [3.8, 4) is 0 Å². The maximum Gasteiger partial charge on any atom is 0.254 e. The maximum atomic E-state index is 11.8. The van der Waals surface area contributed by atoms with Crippen molar-refractivity contribution in [1.82, 2.24) is 20.8 Å². The quantitative estimate of drug-likeness (QED) is 0.754. The highest BCUT2D eigenvalue weighted by atomic mass is 35.5. The van der Waals surface area contributed by atoms with Crippen molar-refractivity contribution in [1.29, 1.82) is 0 Å². The van der Waals surface area contributed by atoms with E-state index in [0.717, 1.165) is 25.3 Å². The van der Waals surface area contributed by atoms with E-state index in [1.165, 1.54) is 12.8 Å². The van der Waals surface area contributed by atoms with Gasteiger partial charge in [0.2, 0.25) is 0 Å². The zero-order valence-electron chi connectivity index (χ0n) is 9.95. The Hall–Kier alpha value is -1.07. The first-order valence-electron chi connectivity index (χ1n) is 5.76. The average molecular weight is 259 g/mol. The number of aryl methyl sites for hydroxylation is 1. The first-order valence-corrected chi connectivity index (χ1v) is 5.76. The highest BCUT2D eigenvalue weighted by molar-refractivity contribution is 5.94. The molecule has 2 rings (SSSR count). The molecule has 2 heterocycles. The first kappa shape index (κ1) is 14.0. The summed E-state index contributed by atoms with van der Waals surface area (Å²) in [6.45, 7) is 4.70. The molecule has 1 fully saturated rings. The van der Waals surface area contributed by atoms with Crippen LogP contribution in [0.25, 0.3) is 0 Å². The Morgan fingerprint density at radius 3 is 3.06 bits per heavy atom. The van der Waals surface area contributed by atoms with Gasteiger partial charge in [-0.3, -0.25) is 9.89 Å². The van der Waals surface area contributed by atoms with Gasteiger partial charge in [-0.15, -0.1) is 12.4 Å². The number of aromatic amines is 1. The molecular weight excluding hydrogens is 240 g/mol. The fourth-order valence-corrected chi connectivity index (χ4v) is 2.01. The number of carbonyl (C=O) groups excluding carboxylic acids is 1. The summed E-state index contributed by atoms with van der Waals surface area (Å²) >= 11 is 0. The molecule has 5 nitrogen and oxygen atoms in total. The Bertz CT molecular complexity index is 360. The van der Waals surface area contributed by atoms with E-state index in [4.69, 9.17) is 0 Å². The normalized spacial score (nSPS) is 19.5. The van der Waals surface area contributed by atoms with Gasteiger partial charge in [-0.25, -0.2) is 0 Å². The molecule has 1 aromatic rings. The summed E-state index contributed by atoms with van der Waals surface area (Å²) in [7, 11) is 0. The Labute approximate surface area is 107 Å². The fourth-order valence-electron chi connectivity index (χ4n) is 2.01. The molecule has 0 bridgehead atoms. The number of amides is 1. The second-order valence-electron chi connectivity index (χ2n) is 4.33. The van der Waals surface area contributed by atoms with Crippen LogP contribution in [0.1, 0.15) is 28.9 Å². The molecular formula is C11H19ClN4O. The monoisotopic (exact) mass is 258 g/mol. The van der Waals surface area contributed by atoms with Crippen LogP contribution in [0.15, 0.2) is 6.20 Å². The lowest BCUT2D eigenvalue weighted by atomic mass is 10.00. The van der Waals surface area contributed by atoms with Crippen LogP contribution in [0.2, 0.25) is 0 Å². The molecule has 1 atom stereocenters. The van der Waals surface area contributed by atoms with Crippen molar-refractivity contribution in [2.75, 3.05) is 19.6 Å². The van der Waals surface area contributed by atoms with Crippen LogP contribution < -0.4 is 10.6 Å². The van der Waals surface area contributed by atoms with Crippen LogP contribution in [-0.2, 0) is 0 Å². The lowest BCUT2D eigenvalue weighted by Crippen LogP contribution is -2.38. The van der Waals surface area contributed by atoms with Crippen LogP contribution in [-0.4, -0.2) is 35.7 Å². The Morgan fingerprint density at radius 1 is 1.65 bits per heavy atom. The number of nitrogens with one attached hydrogen (secondary N) is 3. The predicted molar refractivity (Wildman–Crippen MR) is 68.5 cm³/mol. The van der Waals surface area contributed by atoms with Crippen LogP contribution in [0, 0.1) is 12.8 Å². The number of hydrogen-bond acceptors (Lipinski definition) is 3. The molecule has 0 spiro atoms. The number of H-pyrrole nitrogens is 1. The zero-order chi connectivity index (χ0) is 11.4. The van der Waals surface area contributed by atoms with Gasteiger partial charge in [0.25, 0.3) is 5.91 Å². The molecule has 1 unspecified atom stereocenters. The van der Waals surface area contributed by atoms with E-state index < -0.39 is 0 Å². The predicted octanol–water partition coefficient (Wildman–Crippen LogP) is 0.869. The molecule has 0 saturated carbocycles. The van der Waals surface area contributed by atoms with Crippen molar-refractivity contribution in [3.63, 3.8) is 0 Å². The topological polar surface area (TPSA) is 69.8 Å². The van der Waals surface area contributed by atoms with Crippen molar-refractivity contribution in [3.05, 3.63) is 17.5 Å². The van der Waals surface area contributed by atoms with E-state index in [0.29, 0.717) is 11.5 Å². The highest BCUT2D eigenvalue weighted by Gasteiger charge is 2.15. The molecule has 6 heteroatoms. The second-order valence-corrected chi connectivity index (χ2v) is 4.33. The lowest BCUT2D eigenvalue weighted by molar-refractivity contribution is 0.0944. The Morgan fingerprint density at radius 2 is 2.47 bits per heavy atom. The van der Waals surface area contributed by atoms with E-state index in [-0.39, 0.29) is 18.3 Å². The molecule has 1 aliphatic heterocycles. The highest BCUT2D eigenvalue weighted by Crippen LogP contribution is 2.09. The van der Waals surface area contributed by atoms with Gasteiger partial charge in [0.05, 0.1) is 11.8 Å². The van der Waals surface area contributed by atoms with Gasteiger partial charge in [-0.05, 0) is 38.8 Å². The number of aromatic nitrogens is 2. The third kappa shape index (κ3) is 3.71. The molecule has 1 saturated heterocycles. The number of carbonyl (C=O) groups is 1. The van der Waals surface area contributed by atoms with Crippen LogP contribution in [0.4, 0.5) is 0 Å². The molecule has 0 radical (unpaired) electrons. The molecule has 0 aromatic carbocycles. The number of rotatable bonds is 3. The summed E-state index contributed by atoms with van der Waals surface area (Å²) in [5.74, 6) is 0.529. The molecule has 17 heavy (non-hydrogen) atoms. The maximum absolute atomic E-state index is 11.8. The minimum absolute atomic E-state index is 0. The molecule has 96 valence electrons. The zero-order valence-corrected chi connectivity index (χ0v) is 10.8. The standard InChI is InChI=1S/C11H18N4O.ClH/c1-8-10(7-14-15-8)11(16)13-6-9-3-2-4-12-5-9;/h7,9,12H,2-6H2,1H3,(H,13,16)(H,14,15);1H. The number of hydrogen-bond donors (Lipinski definition) is 3. The summed E-state index contributed by atoms with van der Waals surface area (Å²) in [5, 5.41) is 12.9. The van der Waals surface area contributed by atoms with E-state index in [2.05, 4.69) is 20.8 Å². The van der Waals surface area contributed by atoms with Crippen molar-refractivity contribution >= 4 is 18.3 Å². The van der Waals surface area contributed by atoms with E-state index in [9.17, 15) is 4.79 Å². The first-order chi connectivity index (χ1) is 7.77. The number of halogens is 1. The largest absolute Gasteiger partial charge is 0.352 e. The summed E-state index contributed by atoms with van der Waals surface area (Å²) in [6, 6.07) is 0. The number of piperidine rings is 1. The average Bonchev–Trinajstić information content (AvgIpc) is 2.74. The smallest absolute Gasteiger partial charge is 0.254 e. The summed E-state index contributed by atoms with van der Waals surface area (Å²) in [6.07, 6.45) is 3.96.